The number of carbonyl (C=O) groups excluding carboxylic acids is 1. The molecule has 1 aliphatic heterocycles. The molecule has 0 aliphatic carbocycles. The van der Waals surface area contributed by atoms with E-state index in [-0.39, 0.29) is 18.1 Å². The van der Waals surface area contributed by atoms with Crippen molar-refractivity contribution in [3.8, 4) is 23.0 Å². The molecule has 5 nitrogen and oxygen atoms in total. The smallest absolute Gasteiger partial charge is 0.196 e. The van der Waals surface area contributed by atoms with Crippen molar-refractivity contribution in [1.82, 2.24) is 0 Å². The maximum absolute atomic E-state index is 12.5. The third-order valence-electron chi connectivity index (χ3n) is 3.63. The van der Waals surface area contributed by atoms with Crippen LogP contribution in [0.2, 0.25) is 0 Å². The minimum Gasteiger partial charge on any atom is -0.508 e. The summed E-state index contributed by atoms with van der Waals surface area (Å²) in [4.78, 5) is 12.5. The van der Waals surface area contributed by atoms with Gasteiger partial charge in [-0.05, 0) is 35.9 Å². The van der Waals surface area contributed by atoms with Crippen molar-refractivity contribution in [2.24, 2.45) is 0 Å². The highest BCUT2D eigenvalue weighted by Crippen LogP contribution is 2.32. The van der Waals surface area contributed by atoms with Gasteiger partial charge in [-0.3, -0.25) is 4.79 Å². The summed E-state index contributed by atoms with van der Waals surface area (Å²) in [5.41, 5.74) is 1.80. The molecule has 0 aromatic heterocycles. The van der Waals surface area contributed by atoms with E-state index in [4.69, 9.17) is 14.2 Å². The van der Waals surface area contributed by atoms with Crippen molar-refractivity contribution in [2.75, 3.05) is 20.8 Å². The number of fused-ring (bicyclic) bond motifs is 1. The fourth-order valence-corrected chi connectivity index (χ4v) is 2.46. The maximum Gasteiger partial charge on any atom is 0.196 e. The number of ether oxygens (including phenoxy) is 3. The summed E-state index contributed by atoms with van der Waals surface area (Å²) < 4.78 is 16.0. The summed E-state index contributed by atoms with van der Waals surface area (Å²) in [6.45, 7) is 0.156. The molecular formula is C18H16O5. The largest absolute Gasteiger partial charge is 0.508 e. The van der Waals surface area contributed by atoms with Crippen molar-refractivity contribution < 1.29 is 24.1 Å². The number of Topliss-reactive ketones (excluding diaryl/α,β-unsaturated/α-hetero) is 1. The number of hydrogen-bond donors (Lipinski definition) is 1. The van der Waals surface area contributed by atoms with E-state index in [0.29, 0.717) is 28.4 Å². The molecule has 1 N–H and O–H groups in total. The van der Waals surface area contributed by atoms with Gasteiger partial charge in [-0.1, -0.05) is 6.07 Å². The normalized spacial score (nSPS) is 15.0. The van der Waals surface area contributed by atoms with Crippen LogP contribution in [0.5, 0.6) is 23.0 Å². The SMILES string of the molecule is COc1ccc(C=C2COc3cc(O)ccc3C2=O)cc1OC. The highest BCUT2D eigenvalue weighted by atomic mass is 16.5. The zero-order chi connectivity index (χ0) is 16.4. The quantitative estimate of drug-likeness (QED) is 0.882. The van der Waals surface area contributed by atoms with Crippen LogP contribution < -0.4 is 14.2 Å². The van der Waals surface area contributed by atoms with Crippen LogP contribution in [0.15, 0.2) is 42.0 Å². The third-order valence-corrected chi connectivity index (χ3v) is 3.63. The molecule has 0 saturated heterocycles. The van der Waals surface area contributed by atoms with E-state index in [1.165, 1.54) is 12.1 Å². The number of methoxy groups -OCH3 is 2. The Bertz CT molecular complexity index is 792. The number of carbonyl (C=O) groups is 1. The Hall–Kier alpha value is -2.95. The number of rotatable bonds is 3. The Kier molecular flexibility index (Phi) is 3.93. The molecule has 1 heterocycles. The van der Waals surface area contributed by atoms with Gasteiger partial charge in [0.05, 0.1) is 19.8 Å². The standard InChI is InChI=1S/C18H16O5/c1-21-15-6-3-11(8-17(15)22-2)7-12-10-23-16-9-13(19)4-5-14(16)18(12)20/h3-9,19H,10H2,1-2H3. The molecular weight excluding hydrogens is 296 g/mol. The summed E-state index contributed by atoms with van der Waals surface area (Å²) in [6.07, 6.45) is 1.76. The van der Waals surface area contributed by atoms with Crippen molar-refractivity contribution in [2.45, 2.75) is 0 Å². The molecule has 0 radical (unpaired) electrons. The highest BCUT2D eigenvalue weighted by Gasteiger charge is 2.23. The minimum atomic E-state index is -0.110. The second-order valence-electron chi connectivity index (χ2n) is 5.08. The number of ketones is 1. The van der Waals surface area contributed by atoms with Gasteiger partial charge in [-0.2, -0.15) is 0 Å². The van der Waals surface area contributed by atoms with Gasteiger partial charge in [0.25, 0.3) is 0 Å². The minimum absolute atomic E-state index is 0.0730. The Balaban J connectivity index is 1.95. The zero-order valence-corrected chi connectivity index (χ0v) is 12.8. The molecule has 1 aliphatic rings. The number of hydrogen-bond acceptors (Lipinski definition) is 5. The number of phenolic OH excluding ortho intramolecular Hbond substituents is 1. The first kappa shape index (κ1) is 15.0. The molecule has 23 heavy (non-hydrogen) atoms. The van der Waals surface area contributed by atoms with Crippen molar-refractivity contribution in [1.29, 1.82) is 0 Å². The first-order valence-corrected chi connectivity index (χ1v) is 7.05. The predicted molar refractivity (Wildman–Crippen MR) is 85.5 cm³/mol. The molecule has 3 rings (SSSR count). The Morgan fingerprint density at radius 2 is 1.87 bits per heavy atom. The summed E-state index contributed by atoms with van der Waals surface area (Å²) in [5.74, 6) is 1.59. The number of phenols is 1. The van der Waals surface area contributed by atoms with E-state index >= 15 is 0 Å². The second-order valence-corrected chi connectivity index (χ2v) is 5.08. The van der Waals surface area contributed by atoms with Gasteiger partial charge in [0.1, 0.15) is 18.1 Å². The molecule has 2 aromatic carbocycles. The van der Waals surface area contributed by atoms with Gasteiger partial charge in [0.15, 0.2) is 17.3 Å². The fourth-order valence-electron chi connectivity index (χ4n) is 2.46. The van der Waals surface area contributed by atoms with E-state index in [1.54, 1.807) is 38.5 Å². The van der Waals surface area contributed by atoms with E-state index < -0.39 is 0 Å². The Morgan fingerprint density at radius 1 is 1.09 bits per heavy atom. The Morgan fingerprint density at radius 3 is 2.61 bits per heavy atom. The van der Waals surface area contributed by atoms with Crippen LogP contribution in [-0.2, 0) is 0 Å². The first-order chi connectivity index (χ1) is 11.1. The van der Waals surface area contributed by atoms with E-state index in [9.17, 15) is 9.90 Å². The van der Waals surface area contributed by atoms with Gasteiger partial charge >= 0.3 is 0 Å². The zero-order valence-electron chi connectivity index (χ0n) is 12.8. The lowest BCUT2D eigenvalue weighted by Gasteiger charge is -2.19. The van der Waals surface area contributed by atoms with Gasteiger partial charge in [0, 0.05) is 11.6 Å². The molecule has 0 saturated carbocycles. The molecule has 118 valence electrons. The predicted octanol–water partition coefficient (Wildman–Crippen LogP) is 3.07. The molecule has 0 amide bonds. The van der Waals surface area contributed by atoms with Crippen LogP contribution >= 0.6 is 0 Å². The molecule has 0 spiro atoms. The lowest BCUT2D eigenvalue weighted by atomic mass is 9.98. The van der Waals surface area contributed by atoms with E-state index in [0.717, 1.165) is 5.56 Å². The fraction of sp³-hybridized carbons (Fsp3) is 0.167. The van der Waals surface area contributed by atoms with Crippen LogP contribution in [0.1, 0.15) is 15.9 Å². The van der Waals surface area contributed by atoms with E-state index in [2.05, 4.69) is 0 Å². The maximum atomic E-state index is 12.5. The summed E-state index contributed by atoms with van der Waals surface area (Å²) in [7, 11) is 3.13. The Labute approximate surface area is 133 Å². The van der Waals surface area contributed by atoms with Crippen LogP contribution in [0, 0.1) is 0 Å². The summed E-state index contributed by atoms with van der Waals surface area (Å²) in [5, 5.41) is 9.45. The summed E-state index contributed by atoms with van der Waals surface area (Å²) >= 11 is 0. The van der Waals surface area contributed by atoms with Crippen molar-refractivity contribution >= 4 is 11.9 Å². The van der Waals surface area contributed by atoms with Crippen LogP contribution in [0.4, 0.5) is 0 Å². The average molecular weight is 312 g/mol. The lowest BCUT2D eigenvalue weighted by molar-refractivity contribution is 0.100. The third kappa shape index (κ3) is 2.85. The molecule has 0 fully saturated rings. The topological polar surface area (TPSA) is 65.0 Å². The number of aromatic hydroxyl groups is 1. The lowest BCUT2D eigenvalue weighted by Crippen LogP contribution is -2.18. The van der Waals surface area contributed by atoms with Crippen LogP contribution in [0.25, 0.3) is 6.08 Å². The molecule has 0 atom stereocenters. The summed E-state index contributed by atoms with van der Waals surface area (Å²) in [6, 6.07) is 9.90. The van der Waals surface area contributed by atoms with Gasteiger partial charge in [0.2, 0.25) is 0 Å². The van der Waals surface area contributed by atoms with E-state index in [1.807, 2.05) is 6.07 Å². The number of benzene rings is 2. The first-order valence-electron chi connectivity index (χ1n) is 7.05. The van der Waals surface area contributed by atoms with Crippen molar-refractivity contribution in [3.05, 3.63) is 53.1 Å². The van der Waals surface area contributed by atoms with Gasteiger partial charge in [-0.25, -0.2) is 0 Å². The monoisotopic (exact) mass is 312 g/mol. The highest BCUT2D eigenvalue weighted by molar-refractivity contribution is 6.14. The average Bonchev–Trinajstić information content (AvgIpc) is 2.57. The van der Waals surface area contributed by atoms with Crippen molar-refractivity contribution in [3.63, 3.8) is 0 Å². The van der Waals surface area contributed by atoms with Gasteiger partial charge in [-0.15, -0.1) is 0 Å². The van der Waals surface area contributed by atoms with Gasteiger partial charge < -0.3 is 19.3 Å². The molecule has 0 bridgehead atoms. The second kappa shape index (κ2) is 6.04. The molecule has 0 unspecified atom stereocenters. The molecule has 5 heteroatoms. The van der Waals surface area contributed by atoms with Crippen LogP contribution in [0.3, 0.4) is 0 Å². The van der Waals surface area contributed by atoms with Crippen LogP contribution in [-0.4, -0.2) is 31.7 Å². The molecule has 2 aromatic rings.